The number of esters is 1. The summed E-state index contributed by atoms with van der Waals surface area (Å²) in [6.45, 7) is 0. The molecule has 1 aromatic heterocycles. The predicted molar refractivity (Wildman–Crippen MR) is 75.0 cm³/mol. The number of halogens is 1. The van der Waals surface area contributed by atoms with Crippen molar-refractivity contribution >= 4 is 21.9 Å². The summed E-state index contributed by atoms with van der Waals surface area (Å²) < 4.78 is 7.57. The van der Waals surface area contributed by atoms with Crippen LogP contribution in [0, 0.1) is 0 Å². The van der Waals surface area contributed by atoms with Gasteiger partial charge in [0.15, 0.2) is 0 Å². The number of hydrogen-bond donors (Lipinski definition) is 1. The van der Waals surface area contributed by atoms with Gasteiger partial charge in [-0.2, -0.15) is 0 Å². The van der Waals surface area contributed by atoms with Gasteiger partial charge in [0.2, 0.25) is 0 Å². The molecule has 1 atom stereocenters. The summed E-state index contributed by atoms with van der Waals surface area (Å²) in [5.41, 5.74) is 0.957. The number of ether oxygens (including phenoxy) is 1. The third-order valence-corrected chi connectivity index (χ3v) is 3.35. The topological polar surface area (TPSA) is 51.5 Å². The molecule has 0 aliphatic heterocycles. The summed E-state index contributed by atoms with van der Waals surface area (Å²) in [5.74, 6) is -0.0850. The van der Waals surface area contributed by atoms with Crippen LogP contribution in [0.4, 0.5) is 0 Å². The number of carbonyl (C=O) groups is 1. The minimum atomic E-state index is -0.416. The van der Waals surface area contributed by atoms with Crippen LogP contribution in [-0.2, 0) is 16.0 Å². The Hall–Kier alpha value is -1.75. The van der Waals surface area contributed by atoms with E-state index in [9.17, 15) is 9.90 Å². The lowest BCUT2D eigenvalue weighted by Gasteiger charge is -2.16. The third kappa shape index (κ3) is 3.38. The minimum absolute atomic E-state index is 0.210. The van der Waals surface area contributed by atoms with Crippen LogP contribution in [0.15, 0.2) is 47.2 Å². The van der Waals surface area contributed by atoms with E-state index >= 15 is 0 Å². The summed E-state index contributed by atoms with van der Waals surface area (Å²) >= 11 is 3.36. The molecule has 1 N–H and O–H groups in total. The molecule has 0 spiro atoms. The average molecular weight is 324 g/mol. The zero-order chi connectivity index (χ0) is 13.8. The van der Waals surface area contributed by atoms with E-state index in [2.05, 4.69) is 15.9 Å². The first-order valence-corrected chi connectivity index (χ1v) is 6.58. The maximum Gasteiger partial charge on any atom is 0.329 e. The molecule has 0 saturated carbocycles. The fraction of sp³-hybridized carbons (Fsp3) is 0.214. The molecule has 5 heteroatoms. The number of benzene rings is 1. The zero-order valence-electron chi connectivity index (χ0n) is 10.4. The summed E-state index contributed by atoms with van der Waals surface area (Å²) in [6, 6.07) is 8.26. The van der Waals surface area contributed by atoms with Crippen molar-refractivity contribution in [3.05, 3.63) is 52.8 Å². The van der Waals surface area contributed by atoms with Gasteiger partial charge in [-0.15, -0.1) is 0 Å². The second-order valence-electron chi connectivity index (χ2n) is 4.19. The van der Waals surface area contributed by atoms with Crippen molar-refractivity contribution < 1.29 is 14.6 Å². The molecule has 19 heavy (non-hydrogen) atoms. The van der Waals surface area contributed by atoms with Crippen LogP contribution >= 0.6 is 15.9 Å². The SMILES string of the molecule is COC(=O)[C@H](Cc1ccc(O)cc1)n1ccc(Br)c1. The Morgan fingerprint density at radius 3 is 2.58 bits per heavy atom. The molecule has 0 fully saturated rings. The van der Waals surface area contributed by atoms with Crippen molar-refractivity contribution in [2.45, 2.75) is 12.5 Å². The standard InChI is InChI=1S/C14H14BrNO3/c1-19-14(18)13(16-7-6-11(15)9-16)8-10-2-4-12(17)5-3-10/h2-7,9,13,17H,8H2,1H3/t13-/m0/s1. The van der Waals surface area contributed by atoms with Crippen LogP contribution < -0.4 is 0 Å². The molecule has 0 bridgehead atoms. The Bertz CT molecular complexity index is 562. The van der Waals surface area contributed by atoms with Crippen molar-refractivity contribution in [3.8, 4) is 5.75 Å². The Kier molecular flexibility index (Phi) is 4.27. The lowest BCUT2D eigenvalue weighted by atomic mass is 10.1. The molecular weight excluding hydrogens is 310 g/mol. The van der Waals surface area contributed by atoms with Crippen LogP contribution in [0.3, 0.4) is 0 Å². The molecule has 4 nitrogen and oxygen atoms in total. The number of nitrogens with zero attached hydrogens (tertiary/aromatic N) is 1. The van der Waals surface area contributed by atoms with Gasteiger partial charge in [-0.3, -0.25) is 0 Å². The molecule has 0 radical (unpaired) electrons. The Morgan fingerprint density at radius 1 is 1.37 bits per heavy atom. The number of aromatic hydroxyl groups is 1. The van der Waals surface area contributed by atoms with E-state index in [0.29, 0.717) is 6.42 Å². The summed E-state index contributed by atoms with van der Waals surface area (Å²) in [4.78, 5) is 11.9. The fourth-order valence-corrected chi connectivity index (χ4v) is 2.24. The normalized spacial score (nSPS) is 12.1. The molecule has 0 amide bonds. The highest BCUT2D eigenvalue weighted by molar-refractivity contribution is 9.10. The average Bonchev–Trinajstić information content (AvgIpc) is 2.83. The Balaban J connectivity index is 2.23. The smallest absolute Gasteiger partial charge is 0.329 e. The van der Waals surface area contributed by atoms with Gasteiger partial charge < -0.3 is 14.4 Å². The number of methoxy groups -OCH3 is 1. The maximum atomic E-state index is 11.9. The highest BCUT2D eigenvalue weighted by atomic mass is 79.9. The van der Waals surface area contributed by atoms with Crippen LogP contribution in [0.2, 0.25) is 0 Å². The molecule has 1 aromatic carbocycles. The van der Waals surface area contributed by atoms with E-state index in [1.54, 1.807) is 24.3 Å². The van der Waals surface area contributed by atoms with Gasteiger partial charge in [-0.1, -0.05) is 12.1 Å². The van der Waals surface area contributed by atoms with Crippen LogP contribution in [0.25, 0.3) is 0 Å². The fourth-order valence-electron chi connectivity index (χ4n) is 1.88. The van der Waals surface area contributed by atoms with Gasteiger partial charge in [-0.25, -0.2) is 4.79 Å². The van der Waals surface area contributed by atoms with E-state index < -0.39 is 6.04 Å². The molecule has 0 unspecified atom stereocenters. The van der Waals surface area contributed by atoms with Gasteiger partial charge in [0.1, 0.15) is 11.8 Å². The molecule has 0 aliphatic carbocycles. The molecular formula is C14H14BrNO3. The molecule has 0 aliphatic rings. The third-order valence-electron chi connectivity index (χ3n) is 2.88. The predicted octanol–water partition coefficient (Wildman–Crippen LogP) is 2.91. The van der Waals surface area contributed by atoms with E-state index in [1.165, 1.54) is 7.11 Å². The van der Waals surface area contributed by atoms with Gasteiger partial charge in [0.05, 0.1) is 7.11 Å². The van der Waals surface area contributed by atoms with Gasteiger partial charge >= 0.3 is 5.97 Å². The molecule has 0 saturated heterocycles. The summed E-state index contributed by atoms with van der Waals surface area (Å²) in [7, 11) is 1.38. The quantitative estimate of drug-likeness (QED) is 0.880. The first-order chi connectivity index (χ1) is 9.10. The first kappa shape index (κ1) is 13.7. The van der Waals surface area contributed by atoms with Crippen LogP contribution in [-0.4, -0.2) is 22.8 Å². The maximum absolute atomic E-state index is 11.9. The Labute approximate surface area is 119 Å². The van der Waals surface area contributed by atoms with Crippen LogP contribution in [0.1, 0.15) is 11.6 Å². The molecule has 2 rings (SSSR count). The van der Waals surface area contributed by atoms with Crippen molar-refractivity contribution in [2.75, 3.05) is 7.11 Å². The highest BCUT2D eigenvalue weighted by Gasteiger charge is 2.21. The lowest BCUT2D eigenvalue weighted by molar-refractivity contribution is -0.144. The number of aromatic nitrogens is 1. The zero-order valence-corrected chi connectivity index (χ0v) is 12.0. The van der Waals surface area contributed by atoms with Crippen molar-refractivity contribution in [1.29, 1.82) is 0 Å². The van der Waals surface area contributed by atoms with E-state index in [1.807, 2.05) is 23.0 Å². The number of hydrogen-bond acceptors (Lipinski definition) is 3. The second kappa shape index (κ2) is 5.93. The highest BCUT2D eigenvalue weighted by Crippen LogP contribution is 2.21. The van der Waals surface area contributed by atoms with Crippen LogP contribution in [0.5, 0.6) is 5.75 Å². The minimum Gasteiger partial charge on any atom is -0.508 e. The largest absolute Gasteiger partial charge is 0.508 e. The van der Waals surface area contributed by atoms with E-state index in [-0.39, 0.29) is 11.7 Å². The number of phenolic OH excluding ortho intramolecular Hbond substituents is 1. The Morgan fingerprint density at radius 2 is 2.05 bits per heavy atom. The first-order valence-electron chi connectivity index (χ1n) is 5.79. The van der Waals surface area contributed by atoms with Gasteiger partial charge in [0, 0.05) is 23.3 Å². The summed E-state index contributed by atoms with van der Waals surface area (Å²) in [5, 5.41) is 9.26. The van der Waals surface area contributed by atoms with E-state index in [4.69, 9.17) is 4.74 Å². The van der Waals surface area contributed by atoms with Crippen molar-refractivity contribution in [3.63, 3.8) is 0 Å². The van der Waals surface area contributed by atoms with Gasteiger partial charge in [-0.05, 0) is 39.7 Å². The molecule has 2 aromatic rings. The van der Waals surface area contributed by atoms with Crippen molar-refractivity contribution in [1.82, 2.24) is 4.57 Å². The molecule has 100 valence electrons. The monoisotopic (exact) mass is 323 g/mol. The van der Waals surface area contributed by atoms with E-state index in [0.717, 1.165) is 10.0 Å². The number of phenols is 1. The second-order valence-corrected chi connectivity index (χ2v) is 5.10. The summed E-state index contributed by atoms with van der Waals surface area (Å²) in [6.07, 6.45) is 4.17. The van der Waals surface area contributed by atoms with Crippen molar-refractivity contribution in [2.24, 2.45) is 0 Å². The molecule has 1 heterocycles. The lowest BCUT2D eigenvalue weighted by Crippen LogP contribution is -2.22. The number of carbonyl (C=O) groups excluding carboxylic acids is 1. The number of rotatable bonds is 4. The van der Waals surface area contributed by atoms with Gasteiger partial charge in [0.25, 0.3) is 0 Å².